The summed E-state index contributed by atoms with van der Waals surface area (Å²) in [6.45, 7) is 4.73. The molecule has 1 aromatic rings. The van der Waals surface area contributed by atoms with Gasteiger partial charge in [-0.15, -0.1) is 0 Å². The highest BCUT2D eigenvalue weighted by molar-refractivity contribution is 4.93. The molecule has 0 aliphatic carbocycles. The lowest BCUT2D eigenvalue weighted by atomic mass is 10.3. The smallest absolute Gasteiger partial charge is 0.0922 e. The van der Waals surface area contributed by atoms with Crippen LogP contribution in [0.15, 0.2) is 12.5 Å². The van der Waals surface area contributed by atoms with Crippen molar-refractivity contribution >= 4 is 0 Å². The molecule has 0 aromatic carbocycles. The van der Waals surface area contributed by atoms with Crippen molar-refractivity contribution in [2.75, 3.05) is 26.3 Å². The average Bonchev–Trinajstić information content (AvgIpc) is 2.59. The summed E-state index contributed by atoms with van der Waals surface area (Å²) in [7, 11) is 0. The highest BCUT2D eigenvalue weighted by Crippen LogP contribution is 2.02. The molecule has 1 N–H and O–H groups in total. The summed E-state index contributed by atoms with van der Waals surface area (Å²) in [6, 6.07) is 0. The summed E-state index contributed by atoms with van der Waals surface area (Å²) in [5, 5.41) is 0. The van der Waals surface area contributed by atoms with Crippen LogP contribution in [0.4, 0.5) is 0 Å². The standard InChI is InChI=1S/C8H13N3O/c1-3-12-4-2-11(1)6-8-5-9-7-10-8/h5,7H,1-4,6H2,(H,9,10). The summed E-state index contributed by atoms with van der Waals surface area (Å²) >= 11 is 0. The van der Waals surface area contributed by atoms with Crippen molar-refractivity contribution in [1.29, 1.82) is 0 Å². The first-order chi connectivity index (χ1) is 5.95. The van der Waals surface area contributed by atoms with Crippen LogP contribution in [0, 0.1) is 0 Å². The lowest BCUT2D eigenvalue weighted by Crippen LogP contribution is -2.35. The Hall–Kier alpha value is -0.870. The van der Waals surface area contributed by atoms with Crippen molar-refractivity contribution in [3.05, 3.63) is 18.2 Å². The SMILES string of the molecule is c1ncc(CN2CCOCC2)[nH]1. The number of nitrogens with one attached hydrogen (secondary N) is 1. The van der Waals surface area contributed by atoms with Crippen LogP contribution in [0.5, 0.6) is 0 Å². The lowest BCUT2D eigenvalue weighted by molar-refractivity contribution is 0.0337. The number of hydrogen-bond donors (Lipinski definition) is 1. The van der Waals surface area contributed by atoms with E-state index in [4.69, 9.17) is 4.74 Å². The Kier molecular flexibility index (Phi) is 2.39. The maximum Gasteiger partial charge on any atom is 0.0922 e. The van der Waals surface area contributed by atoms with Crippen LogP contribution in [0.3, 0.4) is 0 Å². The molecule has 1 fully saturated rings. The molecule has 0 amide bonds. The van der Waals surface area contributed by atoms with Crippen molar-refractivity contribution < 1.29 is 4.74 Å². The third kappa shape index (κ3) is 1.84. The molecule has 4 heteroatoms. The fourth-order valence-electron chi connectivity index (χ4n) is 1.37. The van der Waals surface area contributed by atoms with Gasteiger partial charge in [-0.05, 0) is 0 Å². The molecule has 0 unspecified atom stereocenters. The third-order valence-electron chi connectivity index (χ3n) is 2.05. The Bertz CT molecular complexity index is 216. The minimum Gasteiger partial charge on any atom is -0.379 e. The molecular formula is C8H13N3O. The largest absolute Gasteiger partial charge is 0.379 e. The van der Waals surface area contributed by atoms with Gasteiger partial charge in [0.1, 0.15) is 0 Å². The summed E-state index contributed by atoms with van der Waals surface area (Å²) in [5.74, 6) is 0. The zero-order chi connectivity index (χ0) is 8.23. The molecule has 0 bridgehead atoms. The molecule has 0 radical (unpaired) electrons. The van der Waals surface area contributed by atoms with Gasteiger partial charge in [0.25, 0.3) is 0 Å². The fourth-order valence-corrected chi connectivity index (χ4v) is 1.37. The van der Waals surface area contributed by atoms with Gasteiger partial charge < -0.3 is 9.72 Å². The van der Waals surface area contributed by atoms with E-state index in [2.05, 4.69) is 14.9 Å². The fraction of sp³-hybridized carbons (Fsp3) is 0.625. The number of ether oxygens (including phenoxy) is 1. The van der Waals surface area contributed by atoms with E-state index >= 15 is 0 Å². The molecule has 1 aliphatic rings. The molecule has 2 rings (SSSR count). The molecule has 0 spiro atoms. The average molecular weight is 167 g/mol. The molecule has 1 aliphatic heterocycles. The predicted octanol–water partition coefficient (Wildman–Crippen LogP) is 0.242. The van der Waals surface area contributed by atoms with Crippen molar-refractivity contribution in [2.45, 2.75) is 6.54 Å². The lowest BCUT2D eigenvalue weighted by Gasteiger charge is -2.25. The van der Waals surface area contributed by atoms with Crippen molar-refractivity contribution in [1.82, 2.24) is 14.9 Å². The quantitative estimate of drug-likeness (QED) is 0.686. The van der Waals surface area contributed by atoms with E-state index in [0.717, 1.165) is 32.8 Å². The van der Waals surface area contributed by atoms with E-state index in [1.54, 1.807) is 6.33 Å². The summed E-state index contributed by atoms with van der Waals surface area (Å²) in [5.41, 5.74) is 1.18. The van der Waals surface area contributed by atoms with Gasteiger partial charge in [-0.2, -0.15) is 0 Å². The number of morpholine rings is 1. The van der Waals surface area contributed by atoms with Crippen molar-refractivity contribution in [3.63, 3.8) is 0 Å². The molecule has 0 atom stereocenters. The van der Waals surface area contributed by atoms with Gasteiger partial charge in [0.2, 0.25) is 0 Å². The molecule has 4 nitrogen and oxygen atoms in total. The molecule has 1 aromatic heterocycles. The maximum atomic E-state index is 5.25. The van der Waals surface area contributed by atoms with Gasteiger partial charge in [0.05, 0.1) is 19.5 Å². The number of imidazole rings is 1. The summed E-state index contributed by atoms with van der Waals surface area (Å²) in [4.78, 5) is 9.42. The Morgan fingerprint density at radius 3 is 3.00 bits per heavy atom. The van der Waals surface area contributed by atoms with E-state index in [1.165, 1.54) is 5.69 Å². The zero-order valence-corrected chi connectivity index (χ0v) is 6.99. The van der Waals surface area contributed by atoms with Gasteiger partial charge in [0, 0.05) is 31.5 Å². The first-order valence-corrected chi connectivity index (χ1v) is 4.22. The van der Waals surface area contributed by atoms with Gasteiger partial charge in [0.15, 0.2) is 0 Å². The minimum atomic E-state index is 0.855. The Morgan fingerprint density at radius 2 is 2.33 bits per heavy atom. The van der Waals surface area contributed by atoms with Crippen LogP contribution >= 0.6 is 0 Å². The van der Waals surface area contributed by atoms with Gasteiger partial charge >= 0.3 is 0 Å². The van der Waals surface area contributed by atoms with Crippen LogP contribution in [0.25, 0.3) is 0 Å². The van der Waals surface area contributed by atoms with Gasteiger partial charge in [-0.1, -0.05) is 0 Å². The molecule has 12 heavy (non-hydrogen) atoms. The normalized spacial score (nSPS) is 19.7. The van der Waals surface area contributed by atoms with Crippen LogP contribution in [-0.2, 0) is 11.3 Å². The maximum absolute atomic E-state index is 5.25. The first-order valence-electron chi connectivity index (χ1n) is 4.22. The monoisotopic (exact) mass is 167 g/mol. The number of aromatic nitrogens is 2. The topological polar surface area (TPSA) is 41.2 Å². The van der Waals surface area contributed by atoms with E-state index in [-0.39, 0.29) is 0 Å². The van der Waals surface area contributed by atoms with Crippen LogP contribution in [0.1, 0.15) is 5.69 Å². The number of nitrogens with zero attached hydrogens (tertiary/aromatic N) is 2. The van der Waals surface area contributed by atoms with Gasteiger partial charge in [-0.25, -0.2) is 4.98 Å². The van der Waals surface area contributed by atoms with E-state index < -0.39 is 0 Å². The highest BCUT2D eigenvalue weighted by Gasteiger charge is 2.10. The number of hydrogen-bond acceptors (Lipinski definition) is 3. The van der Waals surface area contributed by atoms with Gasteiger partial charge in [-0.3, -0.25) is 4.90 Å². The second kappa shape index (κ2) is 3.69. The summed E-state index contributed by atoms with van der Waals surface area (Å²) < 4.78 is 5.25. The molecule has 0 saturated carbocycles. The van der Waals surface area contributed by atoms with Crippen molar-refractivity contribution in [2.24, 2.45) is 0 Å². The van der Waals surface area contributed by atoms with E-state index in [9.17, 15) is 0 Å². The van der Waals surface area contributed by atoms with Crippen LogP contribution < -0.4 is 0 Å². The van der Waals surface area contributed by atoms with Crippen LogP contribution in [0.2, 0.25) is 0 Å². The Balaban J connectivity index is 1.86. The number of aromatic amines is 1. The Labute approximate surface area is 71.6 Å². The predicted molar refractivity (Wildman–Crippen MR) is 44.7 cm³/mol. The number of H-pyrrole nitrogens is 1. The molecule has 1 saturated heterocycles. The van der Waals surface area contributed by atoms with Crippen molar-refractivity contribution in [3.8, 4) is 0 Å². The van der Waals surface area contributed by atoms with E-state index in [0.29, 0.717) is 0 Å². The molecule has 66 valence electrons. The Morgan fingerprint density at radius 1 is 1.50 bits per heavy atom. The molecular weight excluding hydrogens is 154 g/mol. The first kappa shape index (κ1) is 7.76. The number of rotatable bonds is 2. The zero-order valence-electron chi connectivity index (χ0n) is 6.99. The highest BCUT2D eigenvalue weighted by atomic mass is 16.5. The summed E-state index contributed by atoms with van der Waals surface area (Å²) in [6.07, 6.45) is 3.59. The van der Waals surface area contributed by atoms with Crippen LogP contribution in [-0.4, -0.2) is 41.2 Å². The van der Waals surface area contributed by atoms with E-state index in [1.807, 2.05) is 6.20 Å². The molecule has 2 heterocycles. The third-order valence-corrected chi connectivity index (χ3v) is 2.05. The second-order valence-corrected chi connectivity index (χ2v) is 2.97. The second-order valence-electron chi connectivity index (χ2n) is 2.97. The minimum absolute atomic E-state index is 0.855.